The van der Waals surface area contributed by atoms with Gasteiger partial charge in [-0.25, -0.2) is 4.98 Å². The molecule has 0 radical (unpaired) electrons. The zero-order valence-electron chi connectivity index (χ0n) is 7.83. The summed E-state index contributed by atoms with van der Waals surface area (Å²) in [6.07, 6.45) is -2.74. The molecule has 5 heteroatoms. The van der Waals surface area contributed by atoms with Gasteiger partial charge >= 0.3 is 6.43 Å². The fraction of sp³-hybridized carbons (Fsp3) is 0.200. The van der Waals surface area contributed by atoms with Crippen molar-refractivity contribution >= 4 is 16.9 Å². The molecular weight excluding hydrogens is 204 g/mol. The second-order valence-corrected chi connectivity index (χ2v) is 3.09. The highest BCUT2D eigenvalue weighted by molar-refractivity contribution is 5.96. The largest absolute Gasteiger partial charge is 0.435 e. The van der Waals surface area contributed by atoms with E-state index >= 15 is 0 Å². The highest BCUT2D eigenvalue weighted by Crippen LogP contribution is 2.24. The number of carbonyl (C=O) groups excluding carboxylic acids is 1. The normalized spacial score (nSPS) is 11.2. The van der Waals surface area contributed by atoms with Crippen LogP contribution in [-0.4, -0.2) is 10.8 Å². The third kappa shape index (κ3) is 1.72. The van der Waals surface area contributed by atoms with E-state index in [0.717, 1.165) is 0 Å². The first kappa shape index (κ1) is 9.76. The van der Waals surface area contributed by atoms with Crippen LogP contribution >= 0.6 is 0 Å². The number of Topliss-reactive ketones (excluding diaryl/α,β-unsaturated/α-hetero) is 1. The Kier molecular flexibility index (Phi) is 2.22. The molecule has 3 nitrogen and oxygen atoms in total. The Balaban J connectivity index is 2.57. The number of hydrogen-bond acceptors (Lipinski definition) is 3. The van der Waals surface area contributed by atoms with E-state index in [-0.39, 0.29) is 11.4 Å². The minimum atomic E-state index is -2.74. The number of benzene rings is 1. The topological polar surface area (TPSA) is 43.1 Å². The maximum atomic E-state index is 12.2. The Morgan fingerprint density at radius 1 is 1.47 bits per heavy atom. The Morgan fingerprint density at radius 3 is 2.80 bits per heavy atom. The Labute approximate surface area is 83.7 Å². The van der Waals surface area contributed by atoms with Gasteiger partial charge in [0.1, 0.15) is 5.52 Å². The number of ketones is 1. The zero-order chi connectivity index (χ0) is 11.0. The van der Waals surface area contributed by atoms with Crippen molar-refractivity contribution in [1.82, 2.24) is 4.98 Å². The fourth-order valence-electron chi connectivity index (χ4n) is 1.25. The van der Waals surface area contributed by atoms with Gasteiger partial charge in [0, 0.05) is 5.56 Å². The van der Waals surface area contributed by atoms with E-state index in [1.54, 1.807) is 0 Å². The molecule has 2 rings (SSSR count). The number of nitrogens with zero attached hydrogens (tertiary/aromatic N) is 1. The number of halogens is 2. The van der Waals surface area contributed by atoms with Crippen molar-refractivity contribution in [3.63, 3.8) is 0 Å². The van der Waals surface area contributed by atoms with Crippen LogP contribution in [0.25, 0.3) is 11.1 Å². The quantitative estimate of drug-likeness (QED) is 0.717. The number of oxazole rings is 1. The molecule has 1 heterocycles. The first-order valence-electron chi connectivity index (χ1n) is 4.27. The summed E-state index contributed by atoms with van der Waals surface area (Å²) in [4.78, 5) is 14.6. The van der Waals surface area contributed by atoms with Crippen molar-refractivity contribution in [3.8, 4) is 0 Å². The monoisotopic (exact) mass is 211 g/mol. The van der Waals surface area contributed by atoms with Crippen LogP contribution in [0.3, 0.4) is 0 Å². The maximum Gasteiger partial charge on any atom is 0.313 e. The molecule has 0 spiro atoms. The lowest BCUT2D eigenvalue weighted by atomic mass is 10.1. The molecule has 0 bridgehead atoms. The smallest absolute Gasteiger partial charge is 0.313 e. The number of fused-ring (bicyclic) bond motifs is 1. The zero-order valence-corrected chi connectivity index (χ0v) is 7.83. The van der Waals surface area contributed by atoms with Crippen LogP contribution in [0.4, 0.5) is 8.78 Å². The van der Waals surface area contributed by atoms with E-state index in [2.05, 4.69) is 4.98 Å². The van der Waals surface area contributed by atoms with Gasteiger partial charge in [-0.1, -0.05) is 0 Å². The number of alkyl halides is 2. The predicted molar refractivity (Wildman–Crippen MR) is 49.0 cm³/mol. The number of hydrogen-bond donors (Lipinski definition) is 0. The average Bonchev–Trinajstić information content (AvgIpc) is 2.59. The minimum absolute atomic E-state index is 0.146. The lowest BCUT2D eigenvalue weighted by Gasteiger charge is -1.92. The lowest BCUT2D eigenvalue weighted by Crippen LogP contribution is -1.89. The third-order valence-electron chi connectivity index (χ3n) is 2.00. The summed E-state index contributed by atoms with van der Waals surface area (Å²) in [7, 11) is 0. The van der Waals surface area contributed by atoms with E-state index in [4.69, 9.17) is 4.42 Å². The average molecular weight is 211 g/mol. The number of aromatic nitrogens is 1. The van der Waals surface area contributed by atoms with Crippen molar-refractivity contribution in [1.29, 1.82) is 0 Å². The Morgan fingerprint density at radius 2 is 2.20 bits per heavy atom. The van der Waals surface area contributed by atoms with E-state index in [0.29, 0.717) is 11.1 Å². The van der Waals surface area contributed by atoms with Crippen LogP contribution in [0.5, 0.6) is 0 Å². The first-order valence-corrected chi connectivity index (χ1v) is 4.27. The Hall–Kier alpha value is -1.78. The third-order valence-corrected chi connectivity index (χ3v) is 2.00. The molecule has 2 aromatic rings. The van der Waals surface area contributed by atoms with E-state index in [1.165, 1.54) is 25.1 Å². The van der Waals surface area contributed by atoms with E-state index in [1.807, 2.05) is 0 Å². The molecular formula is C10H7F2NO2. The van der Waals surface area contributed by atoms with Crippen molar-refractivity contribution in [2.45, 2.75) is 13.3 Å². The van der Waals surface area contributed by atoms with Crippen molar-refractivity contribution in [3.05, 3.63) is 29.7 Å². The van der Waals surface area contributed by atoms with Gasteiger partial charge in [-0.3, -0.25) is 4.79 Å². The lowest BCUT2D eigenvalue weighted by molar-refractivity contribution is 0.101. The molecule has 0 aliphatic heterocycles. The van der Waals surface area contributed by atoms with Crippen LogP contribution < -0.4 is 0 Å². The summed E-state index contributed by atoms with van der Waals surface area (Å²) in [5.41, 5.74) is 0.952. The molecule has 0 N–H and O–H groups in total. The van der Waals surface area contributed by atoms with Crippen LogP contribution in [0.15, 0.2) is 22.6 Å². The summed E-state index contributed by atoms with van der Waals surface area (Å²) in [5.74, 6) is -0.766. The van der Waals surface area contributed by atoms with Crippen molar-refractivity contribution in [2.24, 2.45) is 0 Å². The minimum Gasteiger partial charge on any atom is -0.435 e. The standard InChI is InChI=1S/C10H7F2NO2/c1-5(14)6-2-3-7-8(4-6)15-10(13-7)9(11)12/h2-4,9H,1H3. The number of rotatable bonds is 2. The van der Waals surface area contributed by atoms with Crippen LogP contribution in [0.2, 0.25) is 0 Å². The van der Waals surface area contributed by atoms with E-state index < -0.39 is 12.3 Å². The molecule has 0 atom stereocenters. The van der Waals surface area contributed by atoms with Gasteiger partial charge in [0.05, 0.1) is 0 Å². The van der Waals surface area contributed by atoms with Gasteiger partial charge < -0.3 is 4.42 Å². The van der Waals surface area contributed by atoms with Gasteiger partial charge in [0.2, 0.25) is 0 Å². The molecule has 78 valence electrons. The molecule has 0 amide bonds. The predicted octanol–water partition coefficient (Wildman–Crippen LogP) is 2.97. The van der Waals surface area contributed by atoms with Crippen LogP contribution in [0, 0.1) is 0 Å². The summed E-state index contributed by atoms with van der Waals surface area (Å²) < 4.78 is 29.3. The molecule has 1 aromatic heterocycles. The number of carbonyl (C=O) groups is 1. The first-order chi connectivity index (χ1) is 7.08. The summed E-state index contributed by atoms with van der Waals surface area (Å²) >= 11 is 0. The fourth-order valence-corrected chi connectivity index (χ4v) is 1.25. The Bertz CT molecular complexity index is 519. The van der Waals surface area contributed by atoms with Gasteiger partial charge in [-0.2, -0.15) is 8.78 Å². The second kappa shape index (κ2) is 3.42. The van der Waals surface area contributed by atoms with Crippen molar-refractivity contribution < 1.29 is 18.0 Å². The second-order valence-electron chi connectivity index (χ2n) is 3.09. The van der Waals surface area contributed by atoms with Gasteiger partial charge in [0.15, 0.2) is 11.4 Å². The molecule has 1 aromatic carbocycles. The van der Waals surface area contributed by atoms with Gasteiger partial charge in [-0.05, 0) is 25.1 Å². The maximum absolute atomic E-state index is 12.2. The SMILES string of the molecule is CC(=O)c1ccc2nc(C(F)F)oc2c1. The van der Waals surface area contributed by atoms with Gasteiger partial charge in [0.25, 0.3) is 5.89 Å². The van der Waals surface area contributed by atoms with Crippen LogP contribution in [0.1, 0.15) is 29.6 Å². The highest BCUT2D eigenvalue weighted by atomic mass is 19.3. The van der Waals surface area contributed by atoms with Crippen LogP contribution in [-0.2, 0) is 0 Å². The van der Waals surface area contributed by atoms with Gasteiger partial charge in [-0.15, -0.1) is 0 Å². The molecule has 15 heavy (non-hydrogen) atoms. The molecule has 0 fully saturated rings. The molecule has 0 saturated heterocycles. The van der Waals surface area contributed by atoms with Crippen molar-refractivity contribution in [2.75, 3.05) is 0 Å². The molecule has 0 unspecified atom stereocenters. The summed E-state index contributed by atoms with van der Waals surface area (Å²) in [6.45, 7) is 1.39. The molecule has 0 aliphatic carbocycles. The molecule has 0 aliphatic rings. The summed E-state index contributed by atoms with van der Waals surface area (Å²) in [6, 6.07) is 4.43. The highest BCUT2D eigenvalue weighted by Gasteiger charge is 2.15. The molecule has 0 saturated carbocycles. The van der Waals surface area contributed by atoms with E-state index in [9.17, 15) is 13.6 Å². The summed E-state index contributed by atoms with van der Waals surface area (Å²) in [5, 5.41) is 0.